The molecule has 1 saturated heterocycles. The van der Waals surface area contributed by atoms with Crippen molar-refractivity contribution in [3.05, 3.63) is 70.5 Å². The van der Waals surface area contributed by atoms with Crippen LogP contribution in [0, 0.1) is 0 Å². The van der Waals surface area contributed by atoms with Crippen LogP contribution in [0.3, 0.4) is 0 Å². The highest BCUT2D eigenvalue weighted by Gasteiger charge is 2.22. The molecule has 1 aliphatic rings. The Morgan fingerprint density at radius 1 is 0.966 bits per heavy atom. The Hall–Kier alpha value is -3.74. The van der Waals surface area contributed by atoms with Crippen molar-refractivity contribution in [2.45, 2.75) is 12.8 Å². The van der Waals surface area contributed by atoms with Crippen molar-refractivity contribution in [3.8, 4) is 0 Å². The number of amides is 1. The summed E-state index contributed by atoms with van der Waals surface area (Å²) in [6, 6.07) is 16.2. The number of para-hydroxylation sites is 3. The zero-order chi connectivity index (χ0) is 19.8. The quantitative estimate of drug-likeness (QED) is 0.565. The zero-order valence-electron chi connectivity index (χ0n) is 15.7. The Balaban J connectivity index is 1.60. The molecule has 2 aromatic carbocycles. The molecule has 0 bridgehead atoms. The third-order valence-electron chi connectivity index (χ3n) is 5.18. The first kappa shape index (κ1) is 17.4. The fourth-order valence-electron chi connectivity index (χ4n) is 3.79. The van der Waals surface area contributed by atoms with Crippen molar-refractivity contribution in [1.82, 2.24) is 15.0 Å². The van der Waals surface area contributed by atoms with Crippen LogP contribution in [-0.2, 0) is 0 Å². The molecule has 1 aliphatic heterocycles. The Morgan fingerprint density at radius 3 is 2.45 bits per heavy atom. The summed E-state index contributed by atoms with van der Waals surface area (Å²) in [5.74, 6) is 0.709. The van der Waals surface area contributed by atoms with Gasteiger partial charge in [-0.25, -0.2) is 9.97 Å². The van der Waals surface area contributed by atoms with Crippen molar-refractivity contribution in [2.24, 2.45) is 0 Å². The number of nitrogens with zero attached hydrogens (tertiary/aromatic N) is 3. The van der Waals surface area contributed by atoms with Gasteiger partial charge >= 0.3 is 0 Å². The van der Waals surface area contributed by atoms with Gasteiger partial charge in [0.1, 0.15) is 0 Å². The number of benzene rings is 2. The molecule has 7 nitrogen and oxygen atoms in total. The average molecular weight is 385 g/mol. The lowest BCUT2D eigenvalue weighted by Crippen LogP contribution is -2.24. The lowest BCUT2D eigenvalue weighted by molar-refractivity contribution is 0.102. The van der Waals surface area contributed by atoms with Gasteiger partial charge in [-0.2, -0.15) is 0 Å². The molecule has 144 valence electrons. The minimum absolute atomic E-state index is 0.312. The predicted octanol–water partition coefficient (Wildman–Crippen LogP) is 3.32. The van der Waals surface area contributed by atoms with E-state index >= 15 is 0 Å². The molecule has 7 heteroatoms. The van der Waals surface area contributed by atoms with Gasteiger partial charge in [0.25, 0.3) is 5.91 Å². The summed E-state index contributed by atoms with van der Waals surface area (Å²) in [6.45, 7) is 1.76. The first-order valence-corrected chi connectivity index (χ1v) is 9.64. The highest BCUT2D eigenvalue weighted by atomic mass is 16.2. The van der Waals surface area contributed by atoms with Crippen LogP contribution in [0.5, 0.6) is 0 Å². The summed E-state index contributed by atoms with van der Waals surface area (Å²) in [5.41, 5.74) is 2.11. The first-order chi connectivity index (χ1) is 14.2. The second kappa shape index (κ2) is 7.01. The molecule has 1 fully saturated rings. The minimum atomic E-state index is -0.377. The smallest absolute Gasteiger partial charge is 0.257 e. The SMILES string of the molecule is O=C(Nc1nc2ccccc2nc1N1CCCC1)c1cc(=O)[nH]c2ccccc12. The molecule has 3 heterocycles. The molecule has 29 heavy (non-hydrogen) atoms. The largest absolute Gasteiger partial charge is 0.354 e. The minimum Gasteiger partial charge on any atom is -0.354 e. The molecule has 4 aromatic rings. The molecule has 0 radical (unpaired) electrons. The molecule has 0 atom stereocenters. The maximum atomic E-state index is 13.1. The maximum Gasteiger partial charge on any atom is 0.257 e. The maximum absolute atomic E-state index is 13.1. The third-order valence-corrected chi connectivity index (χ3v) is 5.18. The second-order valence-corrected chi connectivity index (χ2v) is 7.13. The van der Waals surface area contributed by atoms with Crippen LogP contribution >= 0.6 is 0 Å². The van der Waals surface area contributed by atoms with Crippen LogP contribution in [0.15, 0.2) is 59.4 Å². The van der Waals surface area contributed by atoms with Gasteiger partial charge in [0.15, 0.2) is 11.6 Å². The molecule has 5 rings (SSSR count). The van der Waals surface area contributed by atoms with E-state index < -0.39 is 0 Å². The number of nitrogens with one attached hydrogen (secondary N) is 2. The summed E-state index contributed by atoms with van der Waals surface area (Å²) < 4.78 is 0. The molecule has 2 N–H and O–H groups in total. The fraction of sp³-hybridized carbons (Fsp3) is 0.182. The Morgan fingerprint density at radius 2 is 1.66 bits per heavy atom. The van der Waals surface area contributed by atoms with E-state index in [1.165, 1.54) is 6.07 Å². The average Bonchev–Trinajstić information content (AvgIpc) is 3.27. The number of aromatic amines is 1. The van der Waals surface area contributed by atoms with Crippen LogP contribution in [0.1, 0.15) is 23.2 Å². The topological polar surface area (TPSA) is 91.0 Å². The van der Waals surface area contributed by atoms with E-state index in [0.717, 1.165) is 31.4 Å². The number of rotatable bonds is 3. The first-order valence-electron chi connectivity index (χ1n) is 9.64. The molecule has 0 unspecified atom stereocenters. The van der Waals surface area contributed by atoms with Gasteiger partial charge in [-0.3, -0.25) is 9.59 Å². The molecular formula is C22H19N5O2. The number of pyridine rings is 1. The van der Waals surface area contributed by atoms with Crippen molar-refractivity contribution in [3.63, 3.8) is 0 Å². The van der Waals surface area contributed by atoms with Crippen LogP contribution in [0.25, 0.3) is 21.9 Å². The number of fused-ring (bicyclic) bond motifs is 2. The van der Waals surface area contributed by atoms with E-state index in [4.69, 9.17) is 4.98 Å². The van der Waals surface area contributed by atoms with Crippen molar-refractivity contribution < 1.29 is 4.79 Å². The number of hydrogen-bond acceptors (Lipinski definition) is 5. The van der Waals surface area contributed by atoms with E-state index in [1.54, 1.807) is 6.07 Å². The van der Waals surface area contributed by atoms with Gasteiger partial charge in [0.2, 0.25) is 5.56 Å². The van der Waals surface area contributed by atoms with Crippen LogP contribution in [0.4, 0.5) is 11.6 Å². The lowest BCUT2D eigenvalue weighted by Gasteiger charge is -2.20. The Labute approximate surface area is 166 Å². The molecule has 2 aromatic heterocycles. The lowest BCUT2D eigenvalue weighted by atomic mass is 10.1. The normalized spacial score (nSPS) is 13.9. The molecule has 1 amide bonds. The number of anilines is 2. The van der Waals surface area contributed by atoms with Crippen LogP contribution in [-0.4, -0.2) is 33.9 Å². The van der Waals surface area contributed by atoms with Crippen LogP contribution < -0.4 is 15.8 Å². The van der Waals surface area contributed by atoms with Gasteiger partial charge in [0.05, 0.1) is 16.6 Å². The predicted molar refractivity (Wildman–Crippen MR) is 114 cm³/mol. The number of H-pyrrole nitrogens is 1. The van der Waals surface area contributed by atoms with Gasteiger partial charge < -0.3 is 15.2 Å². The summed E-state index contributed by atoms with van der Waals surface area (Å²) in [7, 11) is 0. The number of carbonyl (C=O) groups excluding carboxylic acids is 1. The second-order valence-electron chi connectivity index (χ2n) is 7.13. The van der Waals surface area contributed by atoms with E-state index in [9.17, 15) is 9.59 Å². The van der Waals surface area contributed by atoms with E-state index in [-0.39, 0.29) is 11.5 Å². The van der Waals surface area contributed by atoms with Gasteiger partial charge in [0, 0.05) is 30.1 Å². The van der Waals surface area contributed by atoms with Gasteiger partial charge in [-0.05, 0) is 31.0 Å². The summed E-state index contributed by atoms with van der Waals surface area (Å²) in [6.07, 6.45) is 2.17. The van der Waals surface area contributed by atoms with E-state index in [1.807, 2.05) is 42.5 Å². The van der Waals surface area contributed by atoms with Gasteiger partial charge in [-0.1, -0.05) is 30.3 Å². The number of aromatic nitrogens is 3. The number of carbonyl (C=O) groups is 1. The van der Waals surface area contributed by atoms with E-state index in [0.29, 0.717) is 33.6 Å². The van der Waals surface area contributed by atoms with E-state index in [2.05, 4.69) is 20.2 Å². The summed E-state index contributed by atoms with van der Waals surface area (Å²) in [5, 5.41) is 3.59. The molecular weight excluding hydrogens is 366 g/mol. The summed E-state index contributed by atoms with van der Waals surface area (Å²) in [4.78, 5) is 39.5. The van der Waals surface area contributed by atoms with Crippen LogP contribution in [0.2, 0.25) is 0 Å². The number of hydrogen-bond donors (Lipinski definition) is 2. The van der Waals surface area contributed by atoms with Crippen molar-refractivity contribution in [1.29, 1.82) is 0 Å². The summed E-state index contributed by atoms with van der Waals surface area (Å²) >= 11 is 0. The Kier molecular flexibility index (Phi) is 4.20. The fourth-order valence-corrected chi connectivity index (χ4v) is 3.79. The molecule has 0 aliphatic carbocycles. The standard InChI is InChI=1S/C22H19N5O2/c28-19-13-15(14-7-1-2-8-16(14)23-19)22(29)26-20-21(27-11-5-6-12-27)25-18-10-4-3-9-17(18)24-20/h1-4,7-10,13H,5-6,11-12H2,(H,23,28)(H,24,26,29). The van der Waals surface area contributed by atoms with Crippen molar-refractivity contribution in [2.75, 3.05) is 23.3 Å². The highest BCUT2D eigenvalue weighted by Crippen LogP contribution is 2.28. The zero-order valence-corrected chi connectivity index (χ0v) is 15.7. The molecule has 0 spiro atoms. The van der Waals surface area contributed by atoms with Crippen molar-refractivity contribution >= 4 is 39.5 Å². The highest BCUT2D eigenvalue weighted by molar-refractivity contribution is 6.12. The van der Waals surface area contributed by atoms with Gasteiger partial charge in [-0.15, -0.1) is 0 Å². The molecule has 0 saturated carbocycles. The third kappa shape index (κ3) is 3.20. The Bertz CT molecular complexity index is 1290. The monoisotopic (exact) mass is 385 g/mol.